The summed E-state index contributed by atoms with van der Waals surface area (Å²) in [5, 5.41) is 2.40. The maximum atomic E-state index is 13.6. The van der Waals surface area contributed by atoms with Crippen LogP contribution in [0, 0.1) is 5.82 Å². The van der Waals surface area contributed by atoms with Crippen LogP contribution in [0.5, 0.6) is 0 Å². The average Bonchev–Trinajstić information content (AvgIpc) is 2.32. The molecular weight excluding hydrogens is 322 g/mol. The minimum absolute atomic E-state index is 0.0927. The molecule has 0 aliphatic heterocycles. The van der Waals surface area contributed by atoms with Crippen molar-refractivity contribution in [3.63, 3.8) is 0 Å². The summed E-state index contributed by atoms with van der Waals surface area (Å²) in [5.74, 6) is -1.01. The van der Waals surface area contributed by atoms with Gasteiger partial charge >= 0.3 is 0 Å². The third kappa shape index (κ3) is 2.86. The van der Waals surface area contributed by atoms with Crippen molar-refractivity contribution in [3.05, 3.63) is 57.4 Å². The molecule has 1 amide bonds. The van der Waals surface area contributed by atoms with Crippen LogP contribution in [0.2, 0.25) is 5.02 Å². The molecule has 0 saturated heterocycles. The van der Waals surface area contributed by atoms with E-state index in [4.69, 9.17) is 11.6 Å². The fourth-order valence-electron chi connectivity index (χ4n) is 1.34. The summed E-state index contributed by atoms with van der Waals surface area (Å²) < 4.78 is 14.2. The normalized spacial score (nSPS) is 10.2. The van der Waals surface area contributed by atoms with Crippen molar-refractivity contribution in [1.82, 2.24) is 4.98 Å². The molecule has 1 aromatic heterocycles. The summed E-state index contributed by atoms with van der Waals surface area (Å²) in [5.41, 5.74) is -0.121. The molecule has 0 aliphatic rings. The molecule has 0 fully saturated rings. The maximum absolute atomic E-state index is 13.6. The molecule has 1 N–H and O–H groups in total. The highest BCUT2D eigenvalue weighted by atomic mass is 79.9. The van der Waals surface area contributed by atoms with Gasteiger partial charge < -0.3 is 5.32 Å². The number of anilines is 1. The molecule has 6 heteroatoms. The number of hydrogen-bond donors (Lipinski definition) is 1. The predicted molar refractivity (Wildman–Crippen MR) is 71.3 cm³/mol. The van der Waals surface area contributed by atoms with Crippen molar-refractivity contribution in [2.45, 2.75) is 0 Å². The van der Waals surface area contributed by atoms with Crippen LogP contribution in [-0.2, 0) is 0 Å². The van der Waals surface area contributed by atoms with Crippen LogP contribution in [0.4, 0.5) is 10.2 Å². The minimum atomic E-state index is -0.744. The van der Waals surface area contributed by atoms with E-state index in [1.54, 1.807) is 18.2 Å². The Morgan fingerprint density at radius 2 is 2.00 bits per heavy atom. The molecule has 18 heavy (non-hydrogen) atoms. The highest BCUT2D eigenvalue weighted by Crippen LogP contribution is 2.19. The second-order valence-electron chi connectivity index (χ2n) is 3.40. The lowest BCUT2D eigenvalue weighted by molar-refractivity contribution is 0.102. The van der Waals surface area contributed by atoms with Gasteiger partial charge in [0.2, 0.25) is 0 Å². The van der Waals surface area contributed by atoms with Crippen LogP contribution < -0.4 is 5.32 Å². The molecule has 3 nitrogen and oxygen atoms in total. The first-order chi connectivity index (χ1) is 8.58. The number of nitrogens with one attached hydrogen (secondary N) is 1. The van der Waals surface area contributed by atoms with Gasteiger partial charge in [-0.1, -0.05) is 23.7 Å². The van der Waals surface area contributed by atoms with E-state index < -0.39 is 11.7 Å². The molecular formula is C12H7BrClFN2O. The molecule has 0 aliphatic carbocycles. The summed E-state index contributed by atoms with van der Waals surface area (Å²) in [4.78, 5) is 15.9. The Labute approximate surface area is 116 Å². The lowest BCUT2D eigenvalue weighted by atomic mass is 10.2. The molecule has 2 aromatic rings. The zero-order chi connectivity index (χ0) is 13.1. The van der Waals surface area contributed by atoms with Gasteiger partial charge in [-0.3, -0.25) is 4.79 Å². The number of rotatable bonds is 2. The van der Waals surface area contributed by atoms with Crippen molar-refractivity contribution in [2.75, 3.05) is 5.32 Å². The summed E-state index contributed by atoms with van der Waals surface area (Å²) in [6, 6.07) is 9.27. The van der Waals surface area contributed by atoms with Gasteiger partial charge in [0.1, 0.15) is 10.4 Å². The Bertz CT molecular complexity index is 606. The highest BCUT2D eigenvalue weighted by molar-refractivity contribution is 9.10. The number of nitrogens with zero attached hydrogens (tertiary/aromatic N) is 1. The molecule has 0 spiro atoms. The third-order valence-corrected chi connectivity index (χ3v) is 2.89. The summed E-state index contributed by atoms with van der Waals surface area (Å²) in [6.07, 6.45) is 0. The molecule has 0 radical (unpaired) electrons. The van der Waals surface area contributed by atoms with Gasteiger partial charge in [0.15, 0.2) is 5.82 Å². The average molecular weight is 330 g/mol. The van der Waals surface area contributed by atoms with E-state index >= 15 is 0 Å². The van der Waals surface area contributed by atoms with E-state index in [1.807, 2.05) is 0 Å². The van der Waals surface area contributed by atoms with Gasteiger partial charge in [-0.05, 0) is 40.2 Å². The Morgan fingerprint density at radius 3 is 2.72 bits per heavy atom. The van der Waals surface area contributed by atoms with Crippen LogP contribution in [-0.4, -0.2) is 10.9 Å². The molecule has 0 unspecified atom stereocenters. The Hall–Kier alpha value is -1.46. The van der Waals surface area contributed by atoms with Gasteiger partial charge in [0.25, 0.3) is 5.91 Å². The van der Waals surface area contributed by atoms with Gasteiger partial charge in [-0.15, -0.1) is 0 Å². The first-order valence-electron chi connectivity index (χ1n) is 4.96. The predicted octanol–water partition coefficient (Wildman–Crippen LogP) is 3.89. The zero-order valence-electron chi connectivity index (χ0n) is 8.95. The smallest absolute Gasteiger partial charge is 0.259 e. The SMILES string of the molecule is O=C(Nc1cccc(Br)n1)c1cccc(Cl)c1F. The quantitative estimate of drug-likeness (QED) is 0.849. The molecule has 0 saturated carbocycles. The van der Waals surface area contributed by atoms with Gasteiger partial charge in [0, 0.05) is 0 Å². The lowest BCUT2D eigenvalue weighted by Gasteiger charge is -2.06. The second-order valence-corrected chi connectivity index (χ2v) is 4.62. The molecule has 0 atom stereocenters. The zero-order valence-corrected chi connectivity index (χ0v) is 11.3. The van der Waals surface area contributed by atoms with E-state index in [2.05, 4.69) is 26.2 Å². The van der Waals surface area contributed by atoms with Crippen molar-refractivity contribution >= 4 is 39.3 Å². The summed E-state index contributed by atoms with van der Waals surface area (Å²) >= 11 is 8.78. The number of carbonyl (C=O) groups is 1. The first kappa shape index (κ1) is 13.0. The molecule has 1 aromatic carbocycles. The van der Waals surface area contributed by atoms with Crippen molar-refractivity contribution in [3.8, 4) is 0 Å². The van der Waals surface area contributed by atoms with E-state index in [1.165, 1.54) is 18.2 Å². The monoisotopic (exact) mass is 328 g/mol. The van der Waals surface area contributed by atoms with E-state index in [0.717, 1.165) is 0 Å². The van der Waals surface area contributed by atoms with Gasteiger partial charge in [-0.2, -0.15) is 0 Å². The summed E-state index contributed by atoms with van der Waals surface area (Å²) in [6.45, 7) is 0. The molecule has 0 bridgehead atoms. The van der Waals surface area contributed by atoms with Crippen LogP contribution in [0.15, 0.2) is 41.0 Å². The number of aromatic nitrogens is 1. The number of pyridine rings is 1. The second kappa shape index (κ2) is 5.46. The highest BCUT2D eigenvalue weighted by Gasteiger charge is 2.14. The number of halogens is 3. The van der Waals surface area contributed by atoms with Crippen LogP contribution in [0.1, 0.15) is 10.4 Å². The topological polar surface area (TPSA) is 42.0 Å². The fourth-order valence-corrected chi connectivity index (χ4v) is 1.86. The Balaban J connectivity index is 2.25. The maximum Gasteiger partial charge on any atom is 0.259 e. The van der Waals surface area contributed by atoms with Crippen molar-refractivity contribution < 1.29 is 9.18 Å². The lowest BCUT2D eigenvalue weighted by Crippen LogP contribution is -2.14. The fraction of sp³-hybridized carbons (Fsp3) is 0. The standard InChI is InChI=1S/C12H7BrClFN2O/c13-9-5-2-6-10(16-9)17-12(18)7-3-1-4-8(14)11(7)15/h1-6H,(H,16,17,18). The molecule has 1 heterocycles. The largest absolute Gasteiger partial charge is 0.306 e. The van der Waals surface area contributed by atoms with Crippen LogP contribution >= 0.6 is 27.5 Å². The molecule has 92 valence electrons. The Kier molecular flexibility index (Phi) is 3.93. The van der Waals surface area contributed by atoms with Gasteiger partial charge in [0.05, 0.1) is 10.6 Å². The van der Waals surface area contributed by atoms with Crippen LogP contribution in [0.25, 0.3) is 0 Å². The first-order valence-corrected chi connectivity index (χ1v) is 6.13. The summed E-state index contributed by atoms with van der Waals surface area (Å²) in [7, 11) is 0. The minimum Gasteiger partial charge on any atom is -0.306 e. The number of hydrogen-bond acceptors (Lipinski definition) is 2. The van der Waals surface area contributed by atoms with Crippen LogP contribution in [0.3, 0.4) is 0 Å². The Morgan fingerprint density at radius 1 is 1.28 bits per heavy atom. The van der Waals surface area contributed by atoms with Crippen molar-refractivity contribution in [2.24, 2.45) is 0 Å². The van der Waals surface area contributed by atoms with E-state index in [0.29, 0.717) is 10.4 Å². The van der Waals surface area contributed by atoms with Crippen molar-refractivity contribution in [1.29, 1.82) is 0 Å². The van der Waals surface area contributed by atoms with E-state index in [9.17, 15) is 9.18 Å². The number of amides is 1. The van der Waals surface area contributed by atoms with E-state index in [-0.39, 0.29) is 10.6 Å². The third-order valence-electron chi connectivity index (χ3n) is 2.15. The molecule has 2 rings (SSSR count). The number of carbonyl (C=O) groups excluding carboxylic acids is 1. The number of benzene rings is 1. The van der Waals surface area contributed by atoms with Gasteiger partial charge in [-0.25, -0.2) is 9.37 Å².